The van der Waals surface area contributed by atoms with Crippen LogP contribution in [0.1, 0.15) is 28.9 Å². The van der Waals surface area contributed by atoms with Crippen LogP contribution in [0, 0.1) is 12.7 Å². The molecule has 0 spiro atoms. The molecule has 0 N–H and O–H groups in total. The number of aromatic nitrogens is 3. The number of aryl methyl sites for hydroxylation is 2. The Morgan fingerprint density at radius 3 is 2.80 bits per heavy atom. The average molecular weight is 277 g/mol. The minimum Gasteiger partial charge on any atom is -0.460 e. The summed E-state index contributed by atoms with van der Waals surface area (Å²) in [4.78, 5) is 11.7. The summed E-state index contributed by atoms with van der Waals surface area (Å²) in [5, 5.41) is 7.69. The van der Waals surface area contributed by atoms with Gasteiger partial charge in [0.15, 0.2) is 0 Å². The Balaban J connectivity index is 2.15. The van der Waals surface area contributed by atoms with Crippen LogP contribution in [0.3, 0.4) is 0 Å². The molecule has 1 aromatic carbocycles. The van der Waals surface area contributed by atoms with Gasteiger partial charge in [-0.15, -0.1) is 10.2 Å². The summed E-state index contributed by atoms with van der Waals surface area (Å²) in [6.07, 6.45) is 0.456. The van der Waals surface area contributed by atoms with Gasteiger partial charge in [-0.05, 0) is 31.9 Å². The van der Waals surface area contributed by atoms with Crippen LogP contribution in [0.25, 0.3) is 0 Å². The molecule has 5 nitrogen and oxygen atoms in total. The molecule has 0 radical (unpaired) electrons. The van der Waals surface area contributed by atoms with Crippen molar-refractivity contribution in [3.63, 3.8) is 0 Å². The van der Waals surface area contributed by atoms with E-state index in [2.05, 4.69) is 10.2 Å². The molecule has 106 valence electrons. The lowest BCUT2D eigenvalue weighted by atomic mass is 10.1. The van der Waals surface area contributed by atoms with E-state index in [0.717, 1.165) is 0 Å². The van der Waals surface area contributed by atoms with Crippen molar-refractivity contribution >= 4 is 5.97 Å². The molecule has 2 aromatic rings. The molecule has 6 heteroatoms. The number of halogens is 1. The number of hydrogen-bond acceptors (Lipinski definition) is 4. The van der Waals surface area contributed by atoms with Crippen molar-refractivity contribution in [2.75, 3.05) is 6.61 Å². The van der Waals surface area contributed by atoms with Crippen LogP contribution in [-0.4, -0.2) is 27.3 Å². The average Bonchev–Trinajstić information content (AvgIpc) is 2.79. The molecule has 0 atom stereocenters. The normalized spacial score (nSPS) is 10.6. The fourth-order valence-corrected chi connectivity index (χ4v) is 1.93. The van der Waals surface area contributed by atoms with Crippen LogP contribution >= 0.6 is 0 Å². The summed E-state index contributed by atoms with van der Waals surface area (Å²) in [6, 6.07) is 6.57. The lowest BCUT2D eigenvalue weighted by Gasteiger charge is -2.08. The molecule has 0 bridgehead atoms. The molecule has 1 aromatic heterocycles. The van der Waals surface area contributed by atoms with E-state index in [1.54, 1.807) is 36.6 Å². The monoisotopic (exact) mass is 277 g/mol. The summed E-state index contributed by atoms with van der Waals surface area (Å²) in [6.45, 7) is 4.17. The second kappa shape index (κ2) is 6.27. The molecule has 0 aliphatic rings. The highest BCUT2D eigenvalue weighted by Gasteiger charge is 2.17. The minimum atomic E-state index is -0.512. The van der Waals surface area contributed by atoms with Gasteiger partial charge in [0.1, 0.15) is 11.6 Å². The molecule has 0 fully saturated rings. The van der Waals surface area contributed by atoms with E-state index >= 15 is 0 Å². The highest BCUT2D eigenvalue weighted by atomic mass is 19.1. The standard InChI is InChI=1S/C14H16FN3O2/c1-3-20-14(19)13-17-16-10(2)18(13)9-8-11-6-4-5-7-12(11)15/h4-7H,3,8-9H2,1-2H3. The molecule has 1 heterocycles. The number of esters is 1. The maximum absolute atomic E-state index is 13.6. The number of benzene rings is 1. The molecule has 0 aliphatic carbocycles. The predicted molar refractivity (Wildman–Crippen MR) is 70.8 cm³/mol. The summed E-state index contributed by atoms with van der Waals surface area (Å²) in [7, 11) is 0. The summed E-state index contributed by atoms with van der Waals surface area (Å²) in [5.41, 5.74) is 0.593. The van der Waals surface area contributed by atoms with E-state index in [1.807, 2.05) is 0 Å². The molecule has 0 saturated heterocycles. The third-order valence-corrected chi connectivity index (χ3v) is 2.96. The Kier molecular flexibility index (Phi) is 4.45. The molecule has 0 saturated carbocycles. The Morgan fingerprint density at radius 1 is 1.35 bits per heavy atom. The van der Waals surface area contributed by atoms with E-state index in [0.29, 0.717) is 24.4 Å². The highest BCUT2D eigenvalue weighted by Crippen LogP contribution is 2.10. The smallest absolute Gasteiger partial charge is 0.376 e. The lowest BCUT2D eigenvalue weighted by Crippen LogP contribution is -2.15. The van der Waals surface area contributed by atoms with Crippen molar-refractivity contribution in [2.45, 2.75) is 26.8 Å². The number of nitrogens with zero attached hydrogens (tertiary/aromatic N) is 3. The molecule has 0 amide bonds. The Bertz CT molecular complexity index is 610. The zero-order valence-corrected chi connectivity index (χ0v) is 11.5. The first-order chi connectivity index (χ1) is 9.63. The van der Waals surface area contributed by atoms with Crippen molar-refractivity contribution in [2.24, 2.45) is 0 Å². The third kappa shape index (κ3) is 3.01. The maximum Gasteiger partial charge on any atom is 0.376 e. The summed E-state index contributed by atoms with van der Waals surface area (Å²) < 4.78 is 20.1. The van der Waals surface area contributed by atoms with E-state index in [-0.39, 0.29) is 18.2 Å². The topological polar surface area (TPSA) is 57.0 Å². The Hall–Kier alpha value is -2.24. The van der Waals surface area contributed by atoms with Crippen molar-refractivity contribution in [3.05, 3.63) is 47.3 Å². The first-order valence-electron chi connectivity index (χ1n) is 6.43. The van der Waals surface area contributed by atoms with Gasteiger partial charge in [-0.1, -0.05) is 18.2 Å². The number of ether oxygens (including phenoxy) is 1. The van der Waals surface area contributed by atoms with Gasteiger partial charge in [-0.25, -0.2) is 9.18 Å². The van der Waals surface area contributed by atoms with Gasteiger partial charge in [0.2, 0.25) is 5.82 Å². The van der Waals surface area contributed by atoms with Crippen LogP contribution in [0.5, 0.6) is 0 Å². The van der Waals surface area contributed by atoms with Crippen LogP contribution in [0.4, 0.5) is 4.39 Å². The van der Waals surface area contributed by atoms with Crippen molar-refractivity contribution in [1.82, 2.24) is 14.8 Å². The first-order valence-corrected chi connectivity index (χ1v) is 6.43. The highest BCUT2D eigenvalue weighted by molar-refractivity contribution is 5.85. The predicted octanol–water partition coefficient (Wildman–Crippen LogP) is 2.15. The number of carbonyl (C=O) groups excluding carboxylic acids is 1. The zero-order valence-electron chi connectivity index (χ0n) is 11.5. The fourth-order valence-electron chi connectivity index (χ4n) is 1.93. The van der Waals surface area contributed by atoms with Gasteiger partial charge in [-0.3, -0.25) is 0 Å². The number of hydrogen-bond donors (Lipinski definition) is 0. The second-order valence-electron chi connectivity index (χ2n) is 4.28. The van der Waals surface area contributed by atoms with Crippen molar-refractivity contribution in [3.8, 4) is 0 Å². The molecule has 20 heavy (non-hydrogen) atoms. The zero-order chi connectivity index (χ0) is 14.5. The van der Waals surface area contributed by atoms with Gasteiger partial charge < -0.3 is 9.30 Å². The van der Waals surface area contributed by atoms with Gasteiger partial charge in [-0.2, -0.15) is 0 Å². The van der Waals surface area contributed by atoms with Gasteiger partial charge in [0.05, 0.1) is 6.61 Å². The largest absolute Gasteiger partial charge is 0.460 e. The lowest BCUT2D eigenvalue weighted by molar-refractivity contribution is 0.0505. The van der Waals surface area contributed by atoms with Crippen LogP contribution in [0.2, 0.25) is 0 Å². The summed E-state index contributed by atoms with van der Waals surface area (Å²) >= 11 is 0. The van der Waals surface area contributed by atoms with Crippen LogP contribution < -0.4 is 0 Å². The molecular weight excluding hydrogens is 261 g/mol. The van der Waals surface area contributed by atoms with Gasteiger partial charge in [0.25, 0.3) is 0 Å². The van der Waals surface area contributed by atoms with E-state index in [4.69, 9.17) is 4.74 Å². The Labute approximate surface area is 116 Å². The van der Waals surface area contributed by atoms with Gasteiger partial charge in [0, 0.05) is 6.54 Å². The summed E-state index contributed by atoms with van der Waals surface area (Å²) in [5.74, 6) is -0.0115. The molecule has 0 aliphatic heterocycles. The minimum absolute atomic E-state index is 0.153. The molecule has 0 unspecified atom stereocenters. The van der Waals surface area contributed by atoms with Crippen LogP contribution in [-0.2, 0) is 17.7 Å². The quantitative estimate of drug-likeness (QED) is 0.786. The van der Waals surface area contributed by atoms with E-state index < -0.39 is 5.97 Å². The van der Waals surface area contributed by atoms with E-state index in [9.17, 15) is 9.18 Å². The van der Waals surface area contributed by atoms with E-state index in [1.165, 1.54) is 6.07 Å². The fraction of sp³-hybridized carbons (Fsp3) is 0.357. The molecular formula is C14H16FN3O2. The SMILES string of the molecule is CCOC(=O)c1nnc(C)n1CCc1ccccc1F. The first kappa shape index (κ1) is 14.2. The van der Waals surface area contributed by atoms with Gasteiger partial charge >= 0.3 is 5.97 Å². The number of rotatable bonds is 5. The maximum atomic E-state index is 13.6. The van der Waals surface area contributed by atoms with Crippen LogP contribution in [0.15, 0.2) is 24.3 Å². The van der Waals surface area contributed by atoms with Crippen molar-refractivity contribution in [1.29, 1.82) is 0 Å². The Morgan fingerprint density at radius 2 is 2.10 bits per heavy atom. The third-order valence-electron chi connectivity index (χ3n) is 2.96. The van der Waals surface area contributed by atoms with Crippen molar-refractivity contribution < 1.29 is 13.9 Å². The number of carbonyl (C=O) groups is 1. The second-order valence-corrected chi connectivity index (χ2v) is 4.28. The molecule has 2 rings (SSSR count).